The van der Waals surface area contributed by atoms with Crippen LogP contribution in [0.25, 0.3) is 5.65 Å². The van der Waals surface area contributed by atoms with Gasteiger partial charge in [0.15, 0.2) is 5.65 Å². The summed E-state index contributed by atoms with van der Waals surface area (Å²) in [6.45, 7) is 7.61. The molecule has 0 bridgehead atoms. The maximum absolute atomic E-state index is 12.1. The first-order valence-electron chi connectivity index (χ1n) is 6.79. The van der Waals surface area contributed by atoms with Crippen LogP contribution in [0.2, 0.25) is 0 Å². The summed E-state index contributed by atoms with van der Waals surface area (Å²) in [6, 6.07) is 1.88. The van der Waals surface area contributed by atoms with Gasteiger partial charge < -0.3 is 0 Å². The molecule has 0 aliphatic heterocycles. The summed E-state index contributed by atoms with van der Waals surface area (Å²) in [5.41, 5.74) is 7.28. The van der Waals surface area contributed by atoms with Gasteiger partial charge in [-0.2, -0.15) is 5.10 Å². The highest BCUT2D eigenvalue weighted by atomic mass is 16.2. The lowest BCUT2D eigenvalue weighted by atomic mass is 10.1. The van der Waals surface area contributed by atoms with E-state index >= 15 is 0 Å². The van der Waals surface area contributed by atoms with Crippen molar-refractivity contribution in [2.45, 2.75) is 34.1 Å². The summed E-state index contributed by atoms with van der Waals surface area (Å²) in [5.74, 6) is -0.430. The van der Waals surface area contributed by atoms with Gasteiger partial charge in [0.1, 0.15) is 5.56 Å². The number of fused-ring (bicyclic) bond motifs is 1. The molecular formula is C14H19N5O2. The third-order valence-electron chi connectivity index (χ3n) is 2.93. The van der Waals surface area contributed by atoms with Crippen molar-refractivity contribution in [3.63, 3.8) is 0 Å². The number of amides is 2. The molecule has 0 aromatic carbocycles. The van der Waals surface area contributed by atoms with Gasteiger partial charge in [-0.15, -0.1) is 0 Å². The standard InChI is InChI=1S/C14H19N5O2/c1-8(2)5-12(20)17-18-14(21)11-7-15-19-10(4)6-9(3)16-13(11)19/h6-8H,5H2,1-4H3,(H,17,20)(H,18,21). The average Bonchev–Trinajstić information content (AvgIpc) is 2.79. The van der Waals surface area contributed by atoms with Crippen molar-refractivity contribution in [2.24, 2.45) is 5.92 Å². The first-order valence-corrected chi connectivity index (χ1v) is 6.79. The maximum atomic E-state index is 12.1. The van der Waals surface area contributed by atoms with Crippen molar-refractivity contribution >= 4 is 17.5 Å². The summed E-state index contributed by atoms with van der Waals surface area (Å²) in [6.07, 6.45) is 1.80. The highest BCUT2D eigenvalue weighted by Crippen LogP contribution is 2.11. The van der Waals surface area contributed by atoms with Gasteiger partial charge in [-0.05, 0) is 25.8 Å². The summed E-state index contributed by atoms with van der Waals surface area (Å²) >= 11 is 0. The minimum absolute atomic E-state index is 0.227. The highest BCUT2D eigenvalue weighted by Gasteiger charge is 2.16. The Morgan fingerprint density at radius 1 is 1.29 bits per heavy atom. The third-order valence-corrected chi connectivity index (χ3v) is 2.93. The van der Waals surface area contributed by atoms with E-state index in [0.717, 1.165) is 11.4 Å². The molecule has 0 unspecified atom stereocenters. The number of aryl methyl sites for hydroxylation is 2. The van der Waals surface area contributed by atoms with E-state index in [9.17, 15) is 9.59 Å². The lowest BCUT2D eigenvalue weighted by Crippen LogP contribution is -2.42. The second-order valence-electron chi connectivity index (χ2n) is 5.43. The van der Waals surface area contributed by atoms with Crippen LogP contribution < -0.4 is 10.9 Å². The molecule has 2 N–H and O–H groups in total. The first kappa shape index (κ1) is 15.0. The minimum Gasteiger partial charge on any atom is -0.273 e. The van der Waals surface area contributed by atoms with Crippen LogP contribution in [0.15, 0.2) is 12.3 Å². The molecule has 0 aliphatic rings. The van der Waals surface area contributed by atoms with E-state index < -0.39 is 5.91 Å². The van der Waals surface area contributed by atoms with Crippen LogP contribution in [-0.4, -0.2) is 26.4 Å². The Balaban J connectivity index is 2.15. The van der Waals surface area contributed by atoms with E-state index in [1.54, 1.807) is 4.52 Å². The molecule has 112 valence electrons. The highest BCUT2D eigenvalue weighted by molar-refractivity contribution is 6.00. The molecule has 0 spiro atoms. The van der Waals surface area contributed by atoms with Crippen molar-refractivity contribution in [3.8, 4) is 0 Å². The molecule has 2 aromatic heterocycles. The van der Waals surface area contributed by atoms with E-state index in [-0.39, 0.29) is 11.8 Å². The van der Waals surface area contributed by atoms with E-state index in [2.05, 4.69) is 20.9 Å². The summed E-state index contributed by atoms with van der Waals surface area (Å²) in [5, 5.41) is 4.14. The zero-order chi connectivity index (χ0) is 15.6. The van der Waals surface area contributed by atoms with Crippen LogP contribution >= 0.6 is 0 Å². The number of aromatic nitrogens is 3. The third kappa shape index (κ3) is 3.36. The summed E-state index contributed by atoms with van der Waals surface area (Å²) in [4.78, 5) is 28.0. The summed E-state index contributed by atoms with van der Waals surface area (Å²) in [7, 11) is 0. The zero-order valence-corrected chi connectivity index (χ0v) is 12.6. The minimum atomic E-state index is -0.431. The zero-order valence-electron chi connectivity index (χ0n) is 12.6. The number of nitrogens with one attached hydrogen (secondary N) is 2. The van der Waals surface area contributed by atoms with Crippen molar-refractivity contribution in [2.75, 3.05) is 0 Å². The number of carbonyl (C=O) groups is 2. The van der Waals surface area contributed by atoms with Crippen LogP contribution in [0.3, 0.4) is 0 Å². The largest absolute Gasteiger partial charge is 0.275 e. The van der Waals surface area contributed by atoms with Crippen LogP contribution in [0.5, 0.6) is 0 Å². The Hall–Kier alpha value is -2.44. The Kier molecular flexibility index (Phi) is 4.21. The lowest BCUT2D eigenvalue weighted by Gasteiger charge is -2.08. The molecule has 2 amide bonds. The van der Waals surface area contributed by atoms with E-state index in [1.165, 1.54) is 6.20 Å². The Bertz CT molecular complexity index is 690. The number of hydrogen-bond acceptors (Lipinski definition) is 4. The molecule has 0 aliphatic carbocycles. The molecule has 21 heavy (non-hydrogen) atoms. The van der Waals surface area contributed by atoms with E-state index in [1.807, 2.05) is 33.8 Å². The maximum Gasteiger partial charge on any atom is 0.275 e. The van der Waals surface area contributed by atoms with Crippen molar-refractivity contribution in [1.29, 1.82) is 0 Å². The van der Waals surface area contributed by atoms with Crippen molar-refractivity contribution in [3.05, 3.63) is 29.2 Å². The van der Waals surface area contributed by atoms with Gasteiger partial charge in [0, 0.05) is 17.8 Å². The van der Waals surface area contributed by atoms with Crippen LogP contribution in [0.4, 0.5) is 0 Å². The quantitative estimate of drug-likeness (QED) is 0.830. The van der Waals surface area contributed by atoms with Crippen molar-refractivity contribution < 1.29 is 9.59 Å². The van der Waals surface area contributed by atoms with E-state index in [0.29, 0.717) is 17.6 Å². The smallest absolute Gasteiger partial charge is 0.273 e. The summed E-state index contributed by atoms with van der Waals surface area (Å²) < 4.78 is 1.60. The lowest BCUT2D eigenvalue weighted by molar-refractivity contribution is -0.122. The molecule has 2 heterocycles. The predicted octanol–water partition coefficient (Wildman–Crippen LogP) is 1.15. The number of hydrogen-bond donors (Lipinski definition) is 2. The average molecular weight is 289 g/mol. The fourth-order valence-corrected chi connectivity index (χ4v) is 2.05. The van der Waals surface area contributed by atoms with Gasteiger partial charge in [0.2, 0.25) is 5.91 Å². The second-order valence-corrected chi connectivity index (χ2v) is 5.43. The Morgan fingerprint density at radius 2 is 2.00 bits per heavy atom. The molecule has 0 atom stereocenters. The molecule has 2 aromatic rings. The molecule has 0 saturated carbocycles. The monoisotopic (exact) mass is 289 g/mol. The molecular weight excluding hydrogens is 270 g/mol. The van der Waals surface area contributed by atoms with Crippen LogP contribution in [0.1, 0.15) is 42.0 Å². The molecule has 7 heteroatoms. The molecule has 0 saturated heterocycles. The molecule has 2 rings (SSSR count). The predicted molar refractivity (Wildman–Crippen MR) is 77.5 cm³/mol. The fraction of sp³-hybridized carbons (Fsp3) is 0.429. The van der Waals surface area contributed by atoms with Gasteiger partial charge in [-0.25, -0.2) is 9.50 Å². The Labute approximate surface area is 122 Å². The molecule has 0 radical (unpaired) electrons. The number of rotatable bonds is 3. The van der Waals surface area contributed by atoms with Gasteiger partial charge in [0.25, 0.3) is 5.91 Å². The second kappa shape index (κ2) is 5.90. The number of nitrogens with zero attached hydrogens (tertiary/aromatic N) is 3. The number of carbonyl (C=O) groups excluding carboxylic acids is 2. The van der Waals surface area contributed by atoms with E-state index in [4.69, 9.17) is 0 Å². The van der Waals surface area contributed by atoms with Crippen LogP contribution in [0, 0.1) is 19.8 Å². The molecule has 7 nitrogen and oxygen atoms in total. The van der Waals surface area contributed by atoms with Crippen molar-refractivity contribution in [1.82, 2.24) is 25.4 Å². The first-order chi connectivity index (χ1) is 9.88. The Morgan fingerprint density at radius 3 is 2.67 bits per heavy atom. The van der Waals surface area contributed by atoms with Crippen LogP contribution in [-0.2, 0) is 4.79 Å². The normalized spacial score (nSPS) is 10.9. The van der Waals surface area contributed by atoms with Gasteiger partial charge in [-0.3, -0.25) is 20.4 Å². The van der Waals surface area contributed by atoms with Gasteiger partial charge >= 0.3 is 0 Å². The van der Waals surface area contributed by atoms with Gasteiger partial charge in [-0.1, -0.05) is 13.8 Å². The van der Waals surface area contributed by atoms with Gasteiger partial charge in [0.05, 0.1) is 6.20 Å². The number of hydrazine groups is 1. The SMILES string of the molecule is Cc1cc(C)n2ncc(C(=O)NNC(=O)CC(C)C)c2n1. The topological polar surface area (TPSA) is 88.4 Å². The fourth-order valence-electron chi connectivity index (χ4n) is 2.05. The molecule has 0 fully saturated rings.